The van der Waals surface area contributed by atoms with Crippen molar-refractivity contribution in [3.63, 3.8) is 0 Å². The highest BCUT2D eigenvalue weighted by atomic mass is 16.5. The molecular weight excluding hydrogens is 797 g/mol. The fraction of sp³-hybridized carbons (Fsp3) is 0.148. The second-order valence-corrected chi connectivity index (χ2v) is 17.5. The molecule has 65 heavy (non-hydrogen) atoms. The van der Waals surface area contributed by atoms with E-state index in [0.717, 1.165) is 110 Å². The maximum absolute atomic E-state index is 10.2. The van der Waals surface area contributed by atoms with Gasteiger partial charge < -0.3 is 19.7 Å². The lowest BCUT2D eigenvalue weighted by Crippen LogP contribution is -2.30. The third kappa shape index (κ3) is 7.90. The van der Waals surface area contributed by atoms with Crippen LogP contribution in [-0.2, 0) is 5.41 Å². The minimum absolute atomic E-state index is 0.110. The molecule has 10 aromatic carbocycles. The largest absolute Gasteiger partial charge is 0.490 e. The number of aliphatic hydroxyl groups is 2. The van der Waals surface area contributed by atoms with Gasteiger partial charge in [-0.3, -0.25) is 0 Å². The molecule has 0 unspecified atom stereocenters. The summed E-state index contributed by atoms with van der Waals surface area (Å²) in [5.74, 6) is 1.58. The highest BCUT2D eigenvalue weighted by Gasteiger charge is 2.36. The molecule has 0 saturated carbocycles. The average molecular weight is 849 g/mol. The lowest BCUT2D eigenvalue weighted by atomic mass is 9.66. The molecule has 0 atom stereocenters. The van der Waals surface area contributed by atoms with Crippen LogP contribution in [0.3, 0.4) is 0 Å². The van der Waals surface area contributed by atoms with Gasteiger partial charge in [0, 0.05) is 27.7 Å². The molecule has 10 aromatic rings. The van der Waals surface area contributed by atoms with Gasteiger partial charge in [0.25, 0.3) is 0 Å². The predicted molar refractivity (Wildman–Crippen MR) is 271 cm³/mol. The Kier molecular flexibility index (Phi) is 11.4. The third-order valence-corrected chi connectivity index (χ3v) is 13.4. The first-order chi connectivity index (χ1) is 31.8. The number of hydrogen-bond donors (Lipinski definition) is 2. The summed E-state index contributed by atoms with van der Waals surface area (Å²) in [6.45, 7) is 7.07. The molecule has 320 valence electrons. The number of hydrogen-bond acceptors (Lipinski definition) is 4. The predicted octanol–water partition coefficient (Wildman–Crippen LogP) is 14.7. The SMILES string of the molecule is CC(C)C(C)(c1cc(-c2ccc3ccccc3c2)c(OCCO)c(-c2ccc3ccccc3c2)c1)c1cc(-c2ccc3ccccc3c2)c(OCCO)c(-c2ccc3ccccc3c2)c1. The summed E-state index contributed by atoms with van der Waals surface area (Å²) in [5, 5.41) is 29.7. The normalized spacial score (nSPS) is 11.8. The van der Waals surface area contributed by atoms with Crippen molar-refractivity contribution >= 4 is 43.1 Å². The van der Waals surface area contributed by atoms with E-state index in [9.17, 15) is 10.2 Å². The minimum atomic E-state index is -0.570. The highest BCUT2D eigenvalue weighted by Crippen LogP contribution is 2.51. The van der Waals surface area contributed by atoms with Crippen molar-refractivity contribution in [1.29, 1.82) is 0 Å². The maximum atomic E-state index is 10.2. The Morgan fingerprint density at radius 2 is 0.631 bits per heavy atom. The van der Waals surface area contributed by atoms with Gasteiger partial charge in [-0.1, -0.05) is 166 Å². The standard InChI is InChI=1S/C61H52O4/c1-40(2)61(3,53-36-55(49-24-20-41-12-4-8-16-45(41)32-49)59(64-30-28-62)56(37-53)50-25-21-42-13-5-9-17-46(42)33-50)54-38-57(51-26-22-43-14-6-10-18-47(43)34-51)60(65-31-29-63)58(39-54)52-27-23-44-15-7-11-19-48(44)35-52/h4-27,32-40,62-63H,28-31H2,1-3H3. The second kappa shape index (κ2) is 17.7. The fourth-order valence-corrected chi connectivity index (χ4v) is 9.58. The number of benzene rings is 10. The first kappa shape index (κ1) is 41.8. The molecule has 0 spiro atoms. The Morgan fingerprint density at radius 1 is 0.369 bits per heavy atom. The topological polar surface area (TPSA) is 58.9 Å². The van der Waals surface area contributed by atoms with Crippen molar-refractivity contribution in [2.24, 2.45) is 5.92 Å². The first-order valence-corrected chi connectivity index (χ1v) is 22.6. The zero-order valence-corrected chi connectivity index (χ0v) is 37.1. The van der Waals surface area contributed by atoms with Gasteiger partial charge in [-0.15, -0.1) is 0 Å². The van der Waals surface area contributed by atoms with Gasteiger partial charge in [0.05, 0.1) is 13.2 Å². The van der Waals surface area contributed by atoms with Crippen LogP contribution in [0.5, 0.6) is 11.5 Å². The number of ether oxygens (including phenoxy) is 2. The number of aliphatic hydroxyl groups excluding tert-OH is 2. The summed E-state index contributed by atoms with van der Waals surface area (Å²) in [4.78, 5) is 0. The smallest absolute Gasteiger partial charge is 0.135 e. The molecule has 0 aromatic heterocycles. The van der Waals surface area contributed by atoms with Crippen molar-refractivity contribution in [2.45, 2.75) is 26.2 Å². The Balaban J connectivity index is 1.28. The lowest BCUT2D eigenvalue weighted by molar-refractivity contribution is 0.202. The third-order valence-electron chi connectivity index (χ3n) is 13.4. The molecule has 0 aliphatic carbocycles. The molecule has 2 N–H and O–H groups in total. The van der Waals surface area contributed by atoms with Crippen LogP contribution in [-0.4, -0.2) is 36.6 Å². The van der Waals surface area contributed by atoms with Gasteiger partial charge in [0.2, 0.25) is 0 Å². The zero-order valence-electron chi connectivity index (χ0n) is 37.1. The molecule has 0 heterocycles. The molecular formula is C61H52O4. The van der Waals surface area contributed by atoms with E-state index in [0.29, 0.717) is 0 Å². The van der Waals surface area contributed by atoms with Crippen LogP contribution in [0.4, 0.5) is 0 Å². The van der Waals surface area contributed by atoms with Crippen LogP contribution in [0, 0.1) is 5.92 Å². The van der Waals surface area contributed by atoms with E-state index >= 15 is 0 Å². The summed E-state index contributed by atoms with van der Waals surface area (Å²) in [7, 11) is 0. The van der Waals surface area contributed by atoms with Gasteiger partial charge >= 0.3 is 0 Å². The molecule has 0 radical (unpaired) electrons. The molecule has 0 fully saturated rings. The van der Waals surface area contributed by atoms with Crippen molar-refractivity contribution in [1.82, 2.24) is 0 Å². The van der Waals surface area contributed by atoms with Crippen molar-refractivity contribution in [3.05, 3.63) is 205 Å². The quantitative estimate of drug-likeness (QED) is 0.121. The Labute approximate surface area is 381 Å². The Hall–Kier alpha value is -7.24. The van der Waals surface area contributed by atoms with Crippen LogP contribution < -0.4 is 9.47 Å². The summed E-state index contributed by atoms with van der Waals surface area (Å²) < 4.78 is 13.3. The Bertz CT molecular complexity index is 2940. The fourth-order valence-electron chi connectivity index (χ4n) is 9.58. The average Bonchev–Trinajstić information content (AvgIpc) is 3.36. The summed E-state index contributed by atoms with van der Waals surface area (Å²) >= 11 is 0. The molecule has 0 aliphatic heterocycles. The van der Waals surface area contributed by atoms with Gasteiger partial charge in [-0.25, -0.2) is 0 Å². The summed E-state index contributed by atoms with van der Waals surface area (Å²) in [6.07, 6.45) is 0. The van der Waals surface area contributed by atoms with Gasteiger partial charge in [-0.05, 0) is 131 Å². The molecule has 0 aliphatic rings. The number of fused-ring (bicyclic) bond motifs is 4. The monoisotopic (exact) mass is 848 g/mol. The van der Waals surface area contributed by atoms with E-state index < -0.39 is 5.41 Å². The molecule has 0 bridgehead atoms. The van der Waals surface area contributed by atoms with Gasteiger partial charge in [0.15, 0.2) is 0 Å². The lowest BCUT2D eigenvalue weighted by Gasteiger charge is -2.37. The van der Waals surface area contributed by atoms with Crippen LogP contribution >= 0.6 is 0 Å². The summed E-state index contributed by atoms with van der Waals surface area (Å²) in [5.41, 5.74) is 9.68. The first-order valence-electron chi connectivity index (χ1n) is 22.6. The van der Waals surface area contributed by atoms with Crippen LogP contribution in [0.2, 0.25) is 0 Å². The van der Waals surface area contributed by atoms with Crippen LogP contribution in [0.1, 0.15) is 31.9 Å². The second-order valence-electron chi connectivity index (χ2n) is 17.5. The maximum Gasteiger partial charge on any atom is 0.135 e. The van der Waals surface area contributed by atoms with Gasteiger partial charge in [0.1, 0.15) is 24.7 Å². The van der Waals surface area contributed by atoms with E-state index in [1.54, 1.807) is 0 Å². The summed E-state index contributed by atoms with van der Waals surface area (Å²) in [6, 6.07) is 69.6. The van der Waals surface area contributed by atoms with Crippen molar-refractivity contribution < 1.29 is 19.7 Å². The van der Waals surface area contributed by atoms with Crippen molar-refractivity contribution in [3.8, 4) is 56.0 Å². The number of rotatable bonds is 13. The molecule has 0 amide bonds. The van der Waals surface area contributed by atoms with Gasteiger partial charge in [-0.2, -0.15) is 0 Å². The van der Waals surface area contributed by atoms with Crippen LogP contribution in [0.25, 0.3) is 87.6 Å². The van der Waals surface area contributed by atoms with E-state index in [4.69, 9.17) is 9.47 Å². The van der Waals surface area contributed by atoms with E-state index in [-0.39, 0.29) is 32.3 Å². The minimum Gasteiger partial charge on any atom is -0.490 e. The zero-order chi connectivity index (χ0) is 44.5. The molecule has 4 heteroatoms. The molecule has 0 saturated heterocycles. The van der Waals surface area contributed by atoms with Crippen LogP contribution in [0.15, 0.2) is 194 Å². The van der Waals surface area contributed by atoms with E-state index in [2.05, 4.69) is 215 Å². The molecule has 10 rings (SSSR count). The highest BCUT2D eigenvalue weighted by molar-refractivity contribution is 5.96. The van der Waals surface area contributed by atoms with E-state index in [1.165, 1.54) is 0 Å². The van der Waals surface area contributed by atoms with E-state index in [1.807, 2.05) is 0 Å². The molecule has 4 nitrogen and oxygen atoms in total. The Morgan fingerprint density at radius 3 is 0.877 bits per heavy atom. The van der Waals surface area contributed by atoms with Crippen molar-refractivity contribution in [2.75, 3.05) is 26.4 Å².